The van der Waals surface area contributed by atoms with E-state index >= 15 is 0 Å². The van der Waals surface area contributed by atoms with E-state index < -0.39 is 12.1 Å². The Morgan fingerprint density at radius 2 is 2.30 bits per heavy atom. The summed E-state index contributed by atoms with van der Waals surface area (Å²) in [6.07, 6.45) is 1.31. The summed E-state index contributed by atoms with van der Waals surface area (Å²) in [6.45, 7) is 8.61. The van der Waals surface area contributed by atoms with Crippen molar-refractivity contribution in [3.8, 4) is 0 Å². The number of ether oxygens (including phenoxy) is 1. The lowest BCUT2D eigenvalue weighted by molar-refractivity contribution is -0.133. The Labute approximate surface area is 144 Å². The Balaban J connectivity index is 1.98. The highest BCUT2D eigenvalue weighted by Crippen LogP contribution is 2.30. The monoisotopic (exact) mass is 387 g/mol. The first-order valence-corrected chi connectivity index (χ1v) is 8.43. The number of halogens is 1. The first-order valence-electron chi connectivity index (χ1n) is 7.64. The molecule has 8 heteroatoms. The van der Waals surface area contributed by atoms with Gasteiger partial charge in [-0.25, -0.2) is 4.79 Å². The lowest BCUT2D eigenvalue weighted by Crippen LogP contribution is -2.49. The van der Waals surface area contributed by atoms with Crippen molar-refractivity contribution in [3.05, 3.63) is 12.7 Å². The number of carbonyl (C=O) groups is 2. The van der Waals surface area contributed by atoms with Gasteiger partial charge in [0.05, 0.1) is 12.5 Å². The predicted octanol–water partition coefficient (Wildman–Crippen LogP) is 1.88. The van der Waals surface area contributed by atoms with Crippen LogP contribution in [0.2, 0.25) is 0 Å². The molecule has 0 saturated carbocycles. The lowest BCUT2D eigenvalue weighted by atomic mass is 10.0. The molecule has 2 aliphatic heterocycles. The Hall–Kier alpha value is -1.57. The van der Waals surface area contributed by atoms with Gasteiger partial charge in [0.2, 0.25) is 5.91 Å². The van der Waals surface area contributed by atoms with Gasteiger partial charge in [-0.15, -0.1) is 0 Å². The molecule has 1 N–H and O–H groups in total. The summed E-state index contributed by atoms with van der Waals surface area (Å²) in [7, 11) is 0. The van der Waals surface area contributed by atoms with Gasteiger partial charge in [-0.2, -0.15) is 0 Å². The van der Waals surface area contributed by atoms with E-state index in [2.05, 4.69) is 33.0 Å². The van der Waals surface area contributed by atoms with Gasteiger partial charge >= 0.3 is 6.09 Å². The fraction of sp³-hybridized carbons (Fsp3) is 0.667. The number of fused-ring (bicyclic) bond motifs is 1. The second-order valence-corrected chi connectivity index (χ2v) is 6.93. The second-order valence-electron chi connectivity index (χ2n) is 6.12. The third-order valence-corrected chi connectivity index (χ3v) is 4.52. The van der Waals surface area contributed by atoms with E-state index in [0.29, 0.717) is 19.5 Å². The van der Waals surface area contributed by atoms with Gasteiger partial charge in [0.25, 0.3) is 0 Å². The topological polar surface area (TPSA) is 80.2 Å². The van der Waals surface area contributed by atoms with Crippen molar-refractivity contribution < 1.29 is 19.2 Å². The molecule has 0 aromatic carbocycles. The van der Waals surface area contributed by atoms with E-state index in [-0.39, 0.29) is 30.5 Å². The van der Waals surface area contributed by atoms with Crippen molar-refractivity contribution in [2.45, 2.75) is 32.4 Å². The third-order valence-electron chi connectivity index (χ3n) is 3.79. The van der Waals surface area contributed by atoms with Gasteiger partial charge in [0.1, 0.15) is 17.3 Å². The van der Waals surface area contributed by atoms with Crippen molar-refractivity contribution in [2.75, 3.05) is 19.7 Å². The van der Waals surface area contributed by atoms with Crippen LogP contribution in [0.25, 0.3) is 0 Å². The van der Waals surface area contributed by atoms with E-state index in [1.807, 2.05) is 13.8 Å². The predicted molar refractivity (Wildman–Crippen MR) is 89.2 cm³/mol. The summed E-state index contributed by atoms with van der Waals surface area (Å²) >= 11 is 3.36. The Morgan fingerprint density at radius 3 is 2.91 bits per heavy atom. The Kier molecular flexibility index (Phi) is 6.04. The van der Waals surface area contributed by atoms with Crippen molar-refractivity contribution in [1.82, 2.24) is 10.2 Å². The first kappa shape index (κ1) is 17.8. The zero-order valence-electron chi connectivity index (χ0n) is 13.3. The molecule has 23 heavy (non-hydrogen) atoms. The highest BCUT2D eigenvalue weighted by molar-refractivity contribution is 9.18. The normalized spacial score (nSPS) is 23.8. The van der Waals surface area contributed by atoms with E-state index in [1.165, 1.54) is 6.08 Å². The molecule has 2 amide bonds. The number of hydrogen-bond acceptors (Lipinski definition) is 5. The molecule has 2 rings (SSSR count). The van der Waals surface area contributed by atoms with Crippen LogP contribution in [0.3, 0.4) is 0 Å². The Bertz CT molecular complexity index is 509. The van der Waals surface area contributed by atoms with E-state index in [1.54, 1.807) is 4.90 Å². The Morgan fingerprint density at radius 1 is 1.57 bits per heavy atom. The summed E-state index contributed by atoms with van der Waals surface area (Å²) in [5.74, 6) is 0.217. The molecule has 0 radical (unpaired) electrons. The molecule has 0 spiro atoms. The fourth-order valence-electron chi connectivity index (χ4n) is 2.71. The number of nitrogens with one attached hydrogen (secondary N) is 1. The molecule has 2 heterocycles. The van der Waals surface area contributed by atoms with Gasteiger partial charge in [-0.05, 0) is 28.3 Å². The lowest BCUT2D eigenvalue weighted by Gasteiger charge is -2.25. The average molecular weight is 388 g/mol. The molecule has 128 valence electrons. The largest absolute Gasteiger partial charge is 0.445 e. The van der Waals surface area contributed by atoms with Crippen LogP contribution in [0.5, 0.6) is 0 Å². The van der Waals surface area contributed by atoms with Crippen LogP contribution in [0, 0.1) is 11.8 Å². The van der Waals surface area contributed by atoms with Crippen LogP contribution in [-0.4, -0.2) is 53.4 Å². The van der Waals surface area contributed by atoms with E-state index in [0.717, 1.165) is 4.62 Å². The van der Waals surface area contributed by atoms with Gasteiger partial charge in [-0.3, -0.25) is 4.79 Å². The number of rotatable bonds is 6. The number of alkyl carbamates (subject to hydrolysis) is 1. The number of amides is 2. The zero-order chi connectivity index (χ0) is 17.0. The molecule has 1 saturated heterocycles. The first-order chi connectivity index (χ1) is 10.9. The minimum Gasteiger partial charge on any atom is -0.445 e. The molecule has 0 aliphatic carbocycles. The molecule has 0 bridgehead atoms. The molecule has 1 fully saturated rings. The smallest absolute Gasteiger partial charge is 0.408 e. The quantitative estimate of drug-likeness (QED) is 0.705. The zero-order valence-corrected chi connectivity index (χ0v) is 14.9. The third kappa shape index (κ3) is 4.46. The second kappa shape index (κ2) is 7.81. The summed E-state index contributed by atoms with van der Waals surface area (Å²) in [4.78, 5) is 31.5. The molecular weight excluding hydrogens is 366 g/mol. The number of hydrogen-bond donors (Lipinski definition) is 1. The minimum absolute atomic E-state index is 0.0753. The van der Waals surface area contributed by atoms with Crippen molar-refractivity contribution in [2.24, 2.45) is 17.0 Å². The minimum atomic E-state index is -0.609. The fourth-order valence-corrected chi connectivity index (χ4v) is 3.23. The SMILES string of the molecule is C=CCOC(=O)N[C@@H](CC(C)C)C(=O)N1C[C@@H]2C(Br)=NO[C@@H]2C1. The number of carbonyl (C=O) groups excluding carboxylic acids is 2. The van der Waals surface area contributed by atoms with Crippen LogP contribution in [-0.2, 0) is 14.4 Å². The number of nitrogens with zero attached hydrogens (tertiary/aromatic N) is 2. The van der Waals surface area contributed by atoms with Crippen LogP contribution >= 0.6 is 15.9 Å². The summed E-state index contributed by atoms with van der Waals surface area (Å²) in [5, 5.41) is 6.54. The molecular formula is C15H22BrN3O4. The standard InChI is InChI=1S/C15H22BrN3O4/c1-4-5-22-15(21)17-11(6-9(2)3)14(20)19-7-10-12(8-19)23-18-13(10)16/h4,9-12H,1,5-8H2,2-3H3,(H,17,21)/t10-,11-,12+/m0/s1. The summed E-state index contributed by atoms with van der Waals surface area (Å²) in [6, 6.07) is -0.609. The maximum absolute atomic E-state index is 12.8. The van der Waals surface area contributed by atoms with Crippen LogP contribution in [0.4, 0.5) is 4.79 Å². The van der Waals surface area contributed by atoms with Crippen LogP contribution < -0.4 is 5.32 Å². The molecule has 0 unspecified atom stereocenters. The molecule has 3 atom stereocenters. The maximum atomic E-state index is 12.8. The van der Waals surface area contributed by atoms with Crippen molar-refractivity contribution in [3.63, 3.8) is 0 Å². The van der Waals surface area contributed by atoms with Gasteiger partial charge < -0.3 is 19.8 Å². The van der Waals surface area contributed by atoms with Gasteiger partial charge in [0.15, 0.2) is 6.10 Å². The average Bonchev–Trinajstić information content (AvgIpc) is 3.06. The molecule has 7 nitrogen and oxygen atoms in total. The highest BCUT2D eigenvalue weighted by atomic mass is 79.9. The number of oxime groups is 1. The van der Waals surface area contributed by atoms with E-state index in [4.69, 9.17) is 9.57 Å². The van der Waals surface area contributed by atoms with Gasteiger partial charge in [-0.1, -0.05) is 31.7 Å². The van der Waals surface area contributed by atoms with Crippen molar-refractivity contribution >= 4 is 32.6 Å². The molecule has 2 aliphatic rings. The summed E-state index contributed by atoms with van der Waals surface area (Å²) in [5.41, 5.74) is 0. The molecule has 0 aromatic heterocycles. The maximum Gasteiger partial charge on any atom is 0.408 e. The van der Waals surface area contributed by atoms with E-state index in [9.17, 15) is 9.59 Å². The molecule has 0 aromatic rings. The van der Waals surface area contributed by atoms with Crippen LogP contribution in [0.15, 0.2) is 17.8 Å². The van der Waals surface area contributed by atoms with Gasteiger partial charge in [0, 0.05) is 6.54 Å². The highest BCUT2D eigenvalue weighted by Gasteiger charge is 2.44. The number of likely N-dealkylation sites (tertiary alicyclic amines) is 1. The van der Waals surface area contributed by atoms with Crippen LogP contribution in [0.1, 0.15) is 20.3 Å². The summed E-state index contributed by atoms with van der Waals surface area (Å²) < 4.78 is 5.65. The van der Waals surface area contributed by atoms with Crippen molar-refractivity contribution in [1.29, 1.82) is 0 Å².